The molecule has 4 nitrogen and oxygen atoms in total. The third-order valence-corrected chi connectivity index (χ3v) is 3.51. The van der Waals surface area contributed by atoms with Gasteiger partial charge in [-0.2, -0.15) is 0 Å². The molecule has 1 heterocycles. The van der Waals surface area contributed by atoms with Crippen LogP contribution < -0.4 is 9.64 Å². The van der Waals surface area contributed by atoms with Crippen molar-refractivity contribution in [3.8, 4) is 5.75 Å². The van der Waals surface area contributed by atoms with E-state index < -0.39 is 5.60 Å². The van der Waals surface area contributed by atoms with Crippen LogP contribution in [0.1, 0.15) is 37.6 Å². The summed E-state index contributed by atoms with van der Waals surface area (Å²) in [6.07, 6.45) is 0.828. The van der Waals surface area contributed by atoms with Gasteiger partial charge in [0.15, 0.2) is 11.4 Å². The number of benzene rings is 1. The number of ether oxygens (including phenoxy) is 1. The highest BCUT2D eigenvalue weighted by Gasteiger charge is 2.40. The molecule has 108 valence electrons. The number of hydrogen-bond donors (Lipinski definition) is 0. The van der Waals surface area contributed by atoms with Crippen molar-refractivity contribution in [2.75, 3.05) is 17.3 Å². The summed E-state index contributed by atoms with van der Waals surface area (Å²) in [5.74, 6) is 0.284. The van der Waals surface area contributed by atoms with Crippen molar-refractivity contribution in [2.45, 2.75) is 32.8 Å². The predicted octanol–water partition coefficient (Wildman–Crippen LogP) is 3.02. The van der Waals surface area contributed by atoms with E-state index in [0.29, 0.717) is 23.5 Å². The lowest BCUT2D eigenvalue weighted by Gasteiger charge is -2.38. The fourth-order valence-corrected chi connectivity index (χ4v) is 2.42. The second-order valence-corrected chi connectivity index (χ2v) is 5.58. The first-order valence-electron chi connectivity index (χ1n) is 6.65. The van der Waals surface area contributed by atoms with Crippen LogP contribution in [0.4, 0.5) is 5.69 Å². The highest BCUT2D eigenvalue weighted by Crippen LogP contribution is 2.38. The molecule has 20 heavy (non-hydrogen) atoms. The van der Waals surface area contributed by atoms with Gasteiger partial charge in [0, 0.05) is 12.1 Å². The van der Waals surface area contributed by atoms with Gasteiger partial charge in [0.05, 0.1) is 11.6 Å². The minimum absolute atomic E-state index is 0.0765. The quantitative estimate of drug-likeness (QED) is 0.633. The second kappa shape index (κ2) is 5.44. The van der Waals surface area contributed by atoms with E-state index in [0.717, 1.165) is 6.42 Å². The summed E-state index contributed by atoms with van der Waals surface area (Å²) >= 11 is 5.58. The van der Waals surface area contributed by atoms with Crippen molar-refractivity contribution < 1.29 is 14.3 Å². The van der Waals surface area contributed by atoms with Gasteiger partial charge in [-0.3, -0.25) is 9.59 Å². The lowest BCUT2D eigenvalue weighted by atomic mass is 10.0. The molecule has 1 aromatic carbocycles. The zero-order valence-corrected chi connectivity index (χ0v) is 12.7. The number of fused-ring (bicyclic) bond motifs is 1. The molecule has 0 spiro atoms. The number of hydrogen-bond acceptors (Lipinski definition) is 3. The molecule has 0 atom stereocenters. The largest absolute Gasteiger partial charge is 0.476 e. The topological polar surface area (TPSA) is 46.6 Å². The highest BCUT2D eigenvalue weighted by atomic mass is 35.5. The molecule has 2 rings (SSSR count). The SMILES string of the molecule is CCCN1C(=O)C(C)(C)Oc2ccc(C(=O)CCl)cc21. The van der Waals surface area contributed by atoms with Gasteiger partial charge in [0.25, 0.3) is 5.91 Å². The first-order chi connectivity index (χ1) is 9.40. The van der Waals surface area contributed by atoms with Gasteiger partial charge in [-0.15, -0.1) is 11.6 Å². The standard InChI is InChI=1S/C15H18ClNO3/c1-4-7-17-11-8-10(12(18)9-16)5-6-13(11)20-15(2,3)14(17)19/h5-6,8H,4,7,9H2,1-3H3. The van der Waals surface area contributed by atoms with Crippen molar-refractivity contribution in [3.05, 3.63) is 23.8 Å². The summed E-state index contributed by atoms with van der Waals surface area (Å²) in [5, 5.41) is 0. The number of alkyl halides is 1. The van der Waals surface area contributed by atoms with Crippen LogP contribution in [0.3, 0.4) is 0 Å². The van der Waals surface area contributed by atoms with E-state index in [-0.39, 0.29) is 17.6 Å². The molecule has 5 heteroatoms. The van der Waals surface area contributed by atoms with Crippen LogP contribution in [0.2, 0.25) is 0 Å². The van der Waals surface area contributed by atoms with Gasteiger partial charge in [0.2, 0.25) is 0 Å². The Balaban J connectivity index is 2.50. The molecule has 0 saturated heterocycles. The molecule has 0 unspecified atom stereocenters. The van der Waals surface area contributed by atoms with Crippen molar-refractivity contribution >= 4 is 29.0 Å². The van der Waals surface area contributed by atoms with E-state index in [9.17, 15) is 9.59 Å². The maximum Gasteiger partial charge on any atom is 0.270 e. The zero-order valence-electron chi connectivity index (χ0n) is 11.9. The van der Waals surface area contributed by atoms with Crippen LogP contribution in [0.5, 0.6) is 5.75 Å². The predicted molar refractivity (Wildman–Crippen MR) is 78.8 cm³/mol. The normalized spacial score (nSPS) is 16.6. The number of ketones is 1. The average Bonchev–Trinajstić information content (AvgIpc) is 2.42. The number of amides is 1. The van der Waals surface area contributed by atoms with Crippen molar-refractivity contribution in [1.29, 1.82) is 0 Å². The van der Waals surface area contributed by atoms with Crippen LogP contribution in [0.15, 0.2) is 18.2 Å². The van der Waals surface area contributed by atoms with E-state index in [1.807, 2.05) is 6.92 Å². The number of halogens is 1. The summed E-state index contributed by atoms with van der Waals surface area (Å²) in [6, 6.07) is 5.09. The molecular weight excluding hydrogens is 278 g/mol. The van der Waals surface area contributed by atoms with E-state index >= 15 is 0 Å². The maximum absolute atomic E-state index is 12.4. The summed E-state index contributed by atoms with van der Waals surface area (Å²) < 4.78 is 5.74. The van der Waals surface area contributed by atoms with Gasteiger partial charge >= 0.3 is 0 Å². The zero-order chi connectivity index (χ0) is 14.9. The van der Waals surface area contributed by atoms with Crippen LogP contribution >= 0.6 is 11.6 Å². The maximum atomic E-state index is 12.4. The summed E-state index contributed by atoms with van der Waals surface area (Å²) in [7, 11) is 0. The smallest absolute Gasteiger partial charge is 0.270 e. The summed E-state index contributed by atoms with van der Waals surface area (Å²) in [4.78, 5) is 25.8. The Kier molecular flexibility index (Phi) is 4.04. The average molecular weight is 296 g/mol. The van der Waals surface area contributed by atoms with Crippen molar-refractivity contribution in [3.63, 3.8) is 0 Å². The van der Waals surface area contributed by atoms with Gasteiger partial charge in [-0.1, -0.05) is 6.92 Å². The molecule has 0 saturated carbocycles. The van der Waals surface area contributed by atoms with E-state index in [2.05, 4.69) is 0 Å². The Morgan fingerprint density at radius 2 is 2.10 bits per heavy atom. The first kappa shape index (κ1) is 14.9. The van der Waals surface area contributed by atoms with Crippen molar-refractivity contribution in [1.82, 2.24) is 0 Å². The van der Waals surface area contributed by atoms with E-state index in [4.69, 9.17) is 16.3 Å². The molecule has 1 aliphatic heterocycles. The minimum atomic E-state index is -0.889. The van der Waals surface area contributed by atoms with Crippen molar-refractivity contribution in [2.24, 2.45) is 0 Å². The Labute approximate surface area is 123 Å². The lowest BCUT2D eigenvalue weighted by Crippen LogP contribution is -2.52. The Morgan fingerprint density at radius 3 is 2.70 bits per heavy atom. The molecule has 0 bridgehead atoms. The van der Waals surface area contributed by atoms with Gasteiger partial charge in [0.1, 0.15) is 5.75 Å². The lowest BCUT2D eigenvalue weighted by molar-refractivity contribution is -0.132. The molecule has 0 N–H and O–H groups in total. The fraction of sp³-hybridized carbons (Fsp3) is 0.467. The van der Waals surface area contributed by atoms with E-state index in [1.165, 1.54) is 0 Å². The third kappa shape index (κ3) is 2.52. The van der Waals surface area contributed by atoms with Crippen LogP contribution in [-0.2, 0) is 4.79 Å². The molecule has 1 aliphatic rings. The number of Topliss-reactive ketones (excluding diaryl/α,β-unsaturated/α-hetero) is 1. The highest BCUT2D eigenvalue weighted by molar-refractivity contribution is 6.30. The summed E-state index contributed by atoms with van der Waals surface area (Å²) in [6.45, 7) is 6.10. The number of rotatable bonds is 4. The molecule has 0 aliphatic carbocycles. The van der Waals surface area contributed by atoms with E-state index in [1.54, 1.807) is 36.9 Å². The fourth-order valence-electron chi connectivity index (χ4n) is 2.26. The van der Waals surface area contributed by atoms with Gasteiger partial charge in [-0.25, -0.2) is 0 Å². The van der Waals surface area contributed by atoms with Crippen LogP contribution in [0, 0.1) is 0 Å². The molecule has 0 radical (unpaired) electrons. The number of anilines is 1. The Morgan fingerprint density at radius 1 is 1.40 bits per heavy atom. The monoisotopic (exact) mass is 295 g/mol. The Bertz CT molecular complexity index is 554. The van der Waals surface area contributed by atoms with Crippen LogP contribution in [-0.4, -0.2) is 29.7 Å². The first-order valence-corrected chi connectivity index (χ1v) is 7.18. The summed E-state index contributed by atoms with van der Waals surface area (Å²) in [5.41, 5.74) is 0.253. The number of nitrogens with zero attached hydrogens (tertiary/aromatic N) is 1. The molecule has 0 fully saturated rings. The number of carbonyl (C=O) groups is 2. The molecular formula is C15H18ClNO3. The van der Waals surface area contributed by atoms with Gasteiger partial charge < -0.3 is 9.64 Å². The van der Waals surface area contributed by atoms with Crippen LogP contribution in [0.25, 0.3) is 0 Å². The molecule has 1 amide bonds. The third-order valence-electron chi connectivity index (χ3n) is 3.27. The minimum Gasteiger partial charge on any atom is -0.476 e. The number of carbonyl (C=O) groups excluding carboxylic acids is 2. The Hall–Kier alpha value is -1.55. The van der Waals surface area contributed by atoms with Gasteiger partial charge in [-0.05, 0) is 38.5 Å². The molecule has 1 aromatic rings. The molecule has 0 aromatic heterocycles. The second-order valence-electron chi connectivity index (χ2n) is 5.31.